The SMILES string of the molecule is Clc1cc(Br)cc(Cl)c1Oc1cc(COSI)c(OCc2ccccc2)cn1. The zero-order chi connectivity index (χ0) is 19.9. The van der Waals surface area contributed by atoms with Crippen LogP contribution in [0.2, 0.25) is 10.0 Å². The van der Waals surface area contributed by atoms with E-state index in [0.717, 1.165) is 15.6 Å². The second kappa shape index (κ2) is 10.9. The van der Waals surface area contributed by atoms with Crippen molar-refractivity contribution in [3.8, 4) is 17.4 Å². The van der Waals surface area contributed by atoms with Crippen LogP contribution in [0, 0.1) is 0 Å². The van der Waals surface area contributed by atoms with Gasteiger partial charge in [0.05, 0.1) is 32.1 Å². The molecule has 0 radical (unpaired) electrons. The summed E-state index contributed by atoms with van der Waals surface area (Å²) in [4.78, 5) is 4.32. The molecule has 0 atom stereocenters. The molecule has 0 aliphatic rings. The van der Waals surface area contributed by atoms with Crippen molar-refractivity contribution in [1.82, 2.24) is 4.98 Å². The fraction of sp³-hybridized carbons (Fsp3) is 0.105. The highest BCUT2D eigenvalue weighted by Crippen LogP contribution is 2.39. The summed E-state index contributed by atoms with van der Waals surface area (Å²) in [6, 6.07) is 15.1. The van der Waals surface area contributed by atoms with Crippen molar-refractivity contribution < 1.29 is 13.7 Å². The number of ether oxygens (including phenoxy) is 2. The number of nitrogens with zero attached hydrogens (tertiary/aromatic N) is 1. The summed E-state index contributed by atoms with van der Waals surface area (Å²) in [6.45, 7) is 0.760. The van der Waals surface area contributed by atoms with Crippen LogP contribution in [-0.2, 0) is 17.4 Å². The van der Waals surface area contributed by atoms with Gasteiger partial charge in [0.15, 0.2) is 5.75 Å². The number of hydrogen-bond donors (Lipinski definition) is 0. The molecule has 0 aliphatic heterocycles. The maximum atomic E-state index is 6.24. The number of hydrogen-bond acceptors (Lipinski definition) is 5. The number of benzene rings is 2. The quantitative estimate of drug-likeness (QED) is 0.190. The highest BCUT2D eigenvalue weighted by Gasteiger charge is 2.14. The number of pyridine rings is 1. The van der Waals surface area contributed by atoms with Crippen molar-refractivity contribution in [2.24, 2.45) is 0 Å². The average molecular weight is 613 g/mol. The van der Waals surface area contributed by atoms with Crippen LogP contribution in [0.3, 0.4) is 0 Å². The van der Waals surface area contributed by atoms with Gasteiger partial charge < -0.3 is 13.7 Å². The largest absolute Gasteiger partial charge is 0.487 e. The van der Waals surface area contributed by atoms with Crippen molar-refractivity contribution in [2.45, 2.75) is 13.2 Å². The third-order valence-electron chi connectivity index (χ3n) is 3.59. The summed E-state index contributed by atoms with van der Waals surface area (Å²) in [5.74, 6) is 1.30. The normalized spacial score (nSPS) is 10.7. The molecule has 0 spiro atoms. The van der Waals surface area contributed by atoms with E-state index in [-0.39, 0.29) is 0 Å². The predicted molar refractivity (Wildman–Crippen MR) is 126 cm³/mol. The van der Waals surface area contributed by atoms with Gasteiger partial charge in [0, 0.05) is 37.3 Å². The number of rotatable bonds is 8. The first-order valence-corrected chi connectivity index (χ1v) is 12.8. The van der Waals surface area contributed by atoms with Gasteiger partial charge in [-0.2, -0.15) is 0 Å². The van der Waals surface area contributed by atoms with Gasteiger partial charge in [-0.1, -0.05) is 69.5 Å². The van der Waals surface area contributed by atoms with Gasteiger partial charge >= 0.3 is 0 Å². The van der Waals surface area contributed by atoms with E-state index in [2.05, 4.69) is 42.1 Å². The lowest BCUT2D eigenvalue weighted by molar-refractivity contribution is 0.287. The molecule has 0 fully saturated rings. The minimum absolute atomic E-state index is 0.332. The van der Waals surface area contributed by atoms with E-state index in [1.807, 2.05) is 30.3 Å². The molecule has 0 N–H and O–H groups in total. The third kappa shape index (κ3) is 6.14. The lowest BCUT2D eigenvalue weighted by Gasteiger charge is -2.14. The minimum Gasteiger partial charge on any atom is -0.487 e. The molecule has 0 aliphatic carbocycles. The van der Waals surface area contributed by atoms with E-state index in [9.17, 15) is 0 Å². The molecule has 2 aromatic carbocycles. The predicted octanol–water partition coefficient (Wildman–Crippen LogP) is 8.04. The van der Waals surface area contributed by atoms with Gasteiger partial charge in [-0.15, -0.1) is 0 Å². The summed E-state index contributed by atoms with van der Waals surface area (Å²) >= 11 is 17.9. The Labute approximate surface area is 197 Å². The van der Waals surface area contributed by atoms with Gasteiger partial charge in [-0.05, 0) is 17.7 Å². The second-order valence-corrected chi connectivity index (χ2v) is 8.70. The average Bonchev–Trinajstić information content (AvgIpc) is 2.69. The summed E-state index contributed by atoms with van der Waals surface area (Å²) in [7, 11) is 1.24. The zero-order valence-electron chi connectivity index (χ0n) is 14.2. The number of halogens is 4. The van der Waals surface area contributed by atoms with E-state index < -0.39 is 0 Å². The van der Waals surface area contributed by atoms with Crippen LogP contribution in [-0.4, -0.2) is 4.98 Å². The number of aromatic nitrogens is 1. The first-order chi connectivity index (χ1) is 13.6. The first kappa shape index (κ1) is 22.0. The maximum absolute atomic E-state index is 6.24. The Morgan fingerprint density at radius 2 is 1.75 bits per heavy atom. The lowest BCUT2D eigenvalue weighted by atomic mass is 10.2. The molecule has 0 saturated carbocycles. The molecule has 4 nitrogen and oxygen atoms in total. The molecule has 0 amide bonds. The standard InChI is InChI=1S/C19H13BrCl2INO3S/c20-14-7-15(21)19(16(22)8-14)27-18-6-13(11-26-28-23)17(9-24-18)25-10-12-4-2-1-3-5-12/h1-9H,10-11H2. The smallest absolute Gasteiger partial charge is 0.219 e. The van der Waals surface area contributed by atoms with Crippen LogP contribution >= 0.6 is 69.6 Å². The summed E-state index contributed by atoms with van der Waals surface area (Å²) < 4.78 is 18.0. The van der Waals surface area contributed by atoms with E-state index in [1.165, 1.54) is 9.21 Å². The van der Waals surface area contributed by atoms with Crippen LogP contribution in [0.1, 0.15) is 11.1 Å². The topological polar surface area (TPSA) is 40.6 Å². The molecule has 0 saturated heterocycles. The first-order valence-electron chi connectivity index (χ1n) is 7.95. The van der Waals surface area contributed by atoms with Crippen LogP contribution in [0.4, 0.5) is 0 Å². The molecular weight excluding hydrogens is 600 g/mol. The fourth-order valence-electron chi connectivity index (χ4n) is 2.31. The lowest BCUT2D eigenvalue weighted by Crippen LogP contribution is -2.01. The Hall–Kier alpha value is -0.710. The summed E-state index contributed by atoms with van der Waals surface area (Å²) in [6.07, 6.45) is 1.61. The van der Waals surface area contributed by atoms with Gasteiger partial charge in [0.25, 0.3) is 0 Å². The van der Waals surface area contributed by atoms with Crippen molar-refractivity contribution in [3.63, 3.8) is 0 Å². The molecule has 28 heavy (non-hydrogen) atoms. The third-order valence-corrected chi connectivity index (χ3v) is 5.58. The Morgan fingerprint density at radius 3 is 2.43 bits per heavy atom. The molecule has 1 heterocycles. The molecule has 3 rings (SSSR count). The molecule has 0 unspecified atom stereocenters. The Kier molecular flexibility index (Phi) is 8.55. The molecule has 3 aromatic rings. The van der Waals surface area contributed by atoms with Crippen LogP contribution in [0.5, 0.6) is 17.4 Å². The van der Waals surface area contributed by atoms with Gasteiger partial charge in [-0.25, -0.2) is 4.98 Å². The van der Waals surface area contributed by atoms with Gasteiger partial charge in [0.2, 0.25) is 5.88 Å². The monoisotopic (exact) mass is 611 g/mol. The van der Waals surface area contributed by atoms with Crippen molar-refractivity contribution in [2.75, 3.05) is 0 Å². The van der Waals surface area contributed by atoms with Crippen LogP contribution < -0.4 is 9.47 Å². The minimum atomic E-state index is 0.332. The molecule has 1 aromatic heterocycles. The highest BCUT2D eigenvalue weighted by molar-refractivity contribution is 14.2. The van der Waals surface area contributed by atoms with E-state index >= 15 is 0 Å². The second-order valence-electron chi connectivity index (χ2n) is 5.53. The molecule has 146 valence electrons. The maximum Gasteiger partial charge on any atom is 0.219 e. The summed E-state index contributed by atoms with van der Waals surface area (Å²) in [5, 5.41) is 0.761. The van der Waals surface area contributed by atoms with Crippen molar-refractivity contribution in [3.05, 3.63) is 80.4 Å². The van der Waals surface area contributed by atoms with Gasteiger partial charge in [-0.3, -0.25) is 0 Å². The Morgan fingerprint density at radius 1 is 1.04 bits per heavy atom. The Bertz CT molecular complexity index is 927. The fourth-order valence-corrected chi connectivity index (χ4v) is 4.15. The van der Waals surface area contributed by atoms with Crippen molar-refractivity contribution in [1.29, 1.82) is 0 Å². The van der Waals surface area contributed by atoms with E-state index in [0.29, 0.717) is 40.6 Å². The van der Waals surface area contributed by atoms with Crippen LogP contribution in [0.15, 0.2) is 59.2 Å². The van der Waals surface area contributed by atoms with E-state index in [1.54, 1.807) is 24.4 Å². The highest BCUT2D eigenvalue weighted by atomic mass is 127. The van der Waals surface area contributed by atoms with Gasteiger partial charge in [0.1, 0.15) is 12.4 Å². The van der Waals surface area contributed by atoms with E-state index in [4.69, 9.17) is 36.9 Å². The summed E-state index contributed by atoms with van der Waals surface area (Å²) in [5.41, 5.74) is 1.86. The molecular formula is C19H13BrCl2INO3S. The van der Waals surface area contributed by atoms with Crippen LogP contribution in [0.25, 0.3) is 0 Å². The molecule has 9 heteroatoms. The van der Waals surface area contributed by atoms with Crippen molar-refractivity contribution >= 4 is 69.6 Å². The Balaban J connectivity index is 1.81. The zero-order valence-corrected chi connectivity index (χ0v) is 20.3. The molecule has 0 bridgehead atoms.